The Labute approximate surface area is 153 Å². The smallest absolute Gasteiger partial charge is 0.303 e. The van der Waals surface area contributed by atoms with E-state index < -0.39 is 16.0 Å². The molecule has 0 fully saturated rings. The van der Waals surface area contributed by atoms with Crippen molar-refractivity contribution in [3.63, 3.8) is 0 Å². The maximum Gasteiger partial charge on any atom is 0.303 e. The standard InChI is InChI=1S/C17H24N4O4S/c1-13-18-19-14(2)21(13)20-26(24,25)16-10-7-9-15(12-16)8-5-3-4-6-11-17(22)23/h7,9-10,12,20H,3-6,8,11H2,1-2H3,(H,22,23). The number of nitrogens with one attached hydrogen (secondary N) is 1. The molecule has 1 aromatic carbocycles. The molecule has 0 aliphatic heterocycles. The largest absolute Gasteiger partial charge is 0.481 e. The minimum absolute atomic E-state index is 0.188. The second kappa shape index (κ2) is 8.79. The Bertz CT molecular complexity index is 842. The summed E-state index contributed by atoms with van der Waals surface area (Å²) in [6.45, 7) is 3.34. The van der Waals surface area contributed by atoms with Crippen molar-refractivity contribution in [1.82, 2.24) is 14.9 Å². The predicted molar refractivity (Wildman–Crippen MR) is 96.9 cm³/mol. The summed E-state index contributed by atoms with van der Waals surface area (Å²) >= 11 is 0. The van der Waals surface area contributed by atoms with Crippen molar-refractivity contribution >= 4 is 16.0 Å². The first-order valence-corrected chi connectivity index (χ1v) is 10.00. The van der Waals surface area contributed by atoms with Gasteiger partial charge in [-0.15, -0.1) is 10.2 Å². The van der Waals surface area contributed by atoms with Crippen LogP contribution in [0.3, 0.4) is 0 Å². The molecule has 8 nitrogen and oxygen atoms in total. The number of hydrogen-bond donors (Lipinski definition) is 2. The number of hydrogen-bond acceptors (Lipinski definition) is 5. The summed E-state index contributed by atoms with van der Waals surface area (Å²) in [5.74, 6) is 0.154. The molecular formula is C17H24N4O4S. The van der Waals surface area contributed by atoms with Crippen LogP contribution in [0.1, 0.15) is 49.3 Å². The van der Waals surface area contributed by atoms with E-state index in [0.717, 1.165) is 31.2 Å². The van der Waals surface area contributed by atoms with E-state index in [-0.39, 0.29) is 11.3 Å². The number of carbonyl (C=O) groups is 1. The van der Waals surface area contributed by atoms with Crippen molar-refractivity contribution in [2.45, 2.75) is 57.3 Å². The van der Waals surface area contributed by atoms with Gasteiger partial charge in [-0.25, -0.2) is 9.51 Å². The number of unbranched alkanes of at least 4 members (excludes halogenated alkanes) is 3. The highest BCUT2D eigenvalue weighted by Crippen LogP contribution is 2.16. The SMILES string of the molecule is Cc1nnc(C)n1NS(=O)(=O)c1cccc(CCCCCCC(=O)O)c1. The Hall–Kier alpha value is -2.42. The van der Waals surface area contributed by atoms with Crippen molar-refractivity contribution < 1.29 is 18.3 Å². The third-order valence-electron chi connectivity index (χ3n) is 4.01. The second-order valence-corrected chi connectivity index (χ2v) is 7.84. The van der Waals surface area contributed by atoms with Crippen LogP contribution in [0.5, 0.6) is 0 Å². The molecule has 0 aliphatic rings. The van der Waals surface area contributed by atoms with Crippen LogP contribution in [0.2, 0.25) is 0 Å². The van der Waals surface area contributed by atoms with Gasteiger partial charge in [-0.1, -0.05) is 25.0 Å². The van der Waals surface area contributed by atoms with Gasteiger partial charge in [0, 0.05) is 6.42 Å². The Kier molecular flexibility index (Phi) is 6.73. The van der Waals surface area contributed by atoms with Crippen LogP contribution in [0, 0.1) is 13.8 Å². The number of nitrogens with zero attached hydrogens (tertiary/aromatic N) is 3. The Balaban J connectivity index is 1.96. The lowest BCUT2D eigenvalue weighted by Gasteiger charge is -2.12. The summed E-state index contributed by atoms with van der Waals surface area (Å²) in [5, 5.41) is 16.3. The van der Waals surface area contributed by atoms with Crippen LogP contribution in [-0.2, 0) is 21.2 Å². The number of aliphatic carboxylic acids is 1. The molecule has 0 saturated heterocycles. The molecule has 26 heavy (non-hydrogen) atoms. The lowest BCUT2D eigenvalue weighted by atomic mass is 10.1. The Morgan fingerprint density at radius 2 is 1.77 bits per heavy atom. The van der Waals surface area contributed by atoms with E-state index in [2.05, 4.69) is 15.0 Å². The monoisotopic (exact) mass is 380 g/mol. The lowest BCUT2D eigenvalue weighted by Crippen LogP contribution is -2.25. The molecule has 1 aromatic heterocycles. The van der Waals surface area contributed by atoms with Gasteiger partial charge in [0.25, 0.3) is 10.0 Å². The molecule has 0 amide bonds. The zero-order valence-electron chi connectivity index (χ0n) is 15.0. The summed E-state index contributed by atoms with van der Waals surface area (Å²) in [6.07, 6.45) is 4.29. The van der Waals surface area contributed by atoms with E-state index in [1.165, 1.54) is 4.68 Å². The third-order valence-corrected chi connectivity index (χ3v) is 5.31. The van der Waals surface area contributed by atoms with Crippen molar-refractivity contribution in [2.75, 3.05) is 4.83 Å². The van der Waals surface area contributed by atoms with Gasteiger partial charge in [0.15, 0.2) is 0 Å². The summed E-state index contributed by atoms with van der Waals surface area (Å²) in [5.41, 5.74) is 0.934. The number of aromatic nitrogens is 3. The number of carboxylic acid groups (broad SMARTS) is 1. The fourth-order valence-corrected chi connectivity index (χ4v) is 3.77. The summed E-state index contributed by atoms with van der Waals surface area (Å²) in [6, 6.07) is 6.83. The summed E-state index contributed by atoms with van der Waals surface area (Å²) < 4.78 is 26.5. The zero-order valence-corrected chi connectivity index (χ0v) is 15.8. The fourth-order valence-electron chi connectivity index (χ4n) is 2.60. The summed E-state index contributed by atoms with van der Waals surface area (Å²) in [7, 11) is -3.73. The van der Waals surface area contributed by atoms with E-state index in [0.29, 0.717) is 18.1 Å². The minimum atomic E-state index is -3.73. The molecular weight excluding hydrogens is 356 g/mol. The fraction of sp³-hybridized carbons (Fsp3) is 0.471. The molecule has 0 radical (unpaired) electrons. The predicted octanol–water partition coefficient (Wildman–Crippen LogP) is 2.40. The quantitative estimate of drug-likeness (QED) is 0.612. The van der Waals surface area contributed by atoms with E-state index >= 15 is 0 Å². The molecule has 2 rings (SSSR count). The van der Waals surface area contributed by atoms with Gasteiger partial charge in [-0.05, 0) is 50.8 Å². The highest BCUT2D eigenvalue weighted by atomic mass is 32.2. The first kappa shape index (κ1) is 19.9. The molecule has 2 N–H and O–H groups in total. The van der Waals surface area contributed by atoms with Crippen molar-refractivity contribution in [3.8, 4) is 0 Å². The van der Waals surface area contributed by atoms with E-state index in [1.807, 2.05) is 6.07 Å². The highest BCUT2D eigenvalue weighted by molar-refractivity contribution is 7.92. The lowest BCUT2D eigenvalue weighted by molar-refractivity contribution is -0.137. The number of carboxylic acids is 1. The molecule has 0 spiro atoms. The molecule has 0 saturated carbocycles. The normalized spacial score (nSPS) is 11.5. The molecule has 0 aliphatic carbocycles. The molecule has 0 unspecified atom stereocenters. The van der Waals surface area contributed by atoms with Gasteiger partial charge < -0.3 is 5.11 Å². The van der Waals surface area contributed by atoms with Gasteiger partial charge in [0.1, 0.15) is 11.6 Å². The number of aryl methyl sites for hydroxylation is 3. The molecule has 1 heterocycles. The summed E-state index contributed by atoms with van der Waals surface area (Å²) in [4.78, 5) is 13.1. The average Bonchev–Trinajstić information content (AvgIpc) is 2.89. The molecule has 2 aromatic rings. The van der Waals surface area contributed by atoms with Crippen LogP contribution in [0.4, 0.5) is 0 Å². The number of rotatable bonds is 10. The van der Waals surface area contributed by atoms with E-state index in [4.69, 9.17) is 5.11 Å². The number of sulfonamides is 1. The van der Waals surface area contributed by atoms with Gasteiger partial charge in [0.2, 0.25) is 0 Å². The molecule has 0 atom stereocenters. The number of benzene rings is 1. The molecule has 9 heteroatoms. The van der Waals surface area contributed by atoms with E-state index in [9.17, 15) is 13.2 Å². The van der Waals surface area contributed by atoms with Gasteiger partial charge in [0.05, 0.1) is 4.90 Å². The van der Waals surface area contributed by atoms with Gasteiger partial charge in [-0.2, -0.15) is 8.42 Å². The van der Waals surface area contributed by atoms with Crippen LogP contribution in [0.15, 0.2) is 29.2 Å². The average molecular weight is 380 g/mol. The Morgan fingerprint density at radius 1 is 1.12 bits per heavy atom. The maximum atomic E-state index is 12.6. The third kappa shape index (κ3) is 5.55. The van der Waals surface area contributed by atoms with Gasteiger partial charge in [-0.3, -0.25) is 4.79 Å². The van der Waals surface area contributed by atoms with Crippen molar-refractivity contribution in [3.05, 3.63) is 41.5 Å². The minimum Gasteiger partial charge on any atom is -0.481 e. The van der Waals surface area contributed by atoms with E-state index in [1.54, 1.807) is 32.0 Å². The maximum absolute atomic E-state index is 12.6. The van der Waals surface area contributed by atoms with Crippen LogP contribution >= 0.6 is 0 Å². The first-order chi connectivity index (χ1) is 12.3. The second-order valence-electron chi connectivity index (χ2n) is 6.18. The Morgan fingerprint density at radius 3 is 2.42 bits per heavy atom. The topological polar surface area (TPSA) is 114 Å². The van der Waals surface area contributed by atoms with Gasteiger partial charge >= 0.3 is 5.97 Å². The first-order valence-electron chi connectivity index (χ1n) is 8.52. The van der Waals surface area contributed by atoms with Crippen LogP contribution in [-0.4, -0.2) is 34.4 Å². The van der Waals surface area contributed by atoms with Crippen LogP contribution in [0.25, 0.3) is 0 Å². The zero-order chi connectivity index (χ0) is 19.2. The van der Waals surface area contributed by atoms with Crippen molar-refractivity contribution in [2.24, 2.45) is 0 Å². The highest BCUT2D eigenvalue weighted by Gasteiger charge is 2.17. The van der Waals surface area contributed by atoms with Crippen molar-refractivity contribution in [1.29, 1.82) is 0 Å². The molecule has 0 bridgehead atoms. The van der Waals surface area contributed by atoms with Crippen LogP contribution < -0.4 is 4.83 Å². The molecule has 142 valence electrons.